The number of aliphatic hydroxyl groups is 2. The minimum absolute atomic E-state index is 0.293. The number of imide groups is 1. The highest BCUT2D eigenvalue weighted by Gasteiger charge is 2.35. The summed E-state index contributed by atoms with van der Waals surface area (Å²) in [6, 6.07) is 8.20. The smallest absolute Gasteiger partial charge is 0.375 e. The number of amides is 2. The summed E-state index contributed by atoms with van der Waals surface area (Å²) >= 11 is 0. The molecule has 2 rings (SSSR count). The number of carbonyl (C=O) groups is 2. The van der Waals surface area contributed by atoms with E-state index in [4.69, 9.17) is 4.84 Å². The second-order valence-electron chi connectivity index (χ2n) is 4.07. The third kappa shape index (κ3) is 2.90. The van der Waals surface area contributed by atoms with Crippen LogP contribution in [0.2, 0.25) is 0 Å². The van der Waals surface area contributed by atoms with Gasteiger partial charge in [-0.2, -0.15) is 0 Å². The number of hydroxylamine groups is 2. The molecule has 1 aliphatic rings. The zero-order chi connectivity index (χ0) is 13.8. The normalized spacial score (nSPS) is 23.1. The predicted octanol–water partition coefficient (Wildman–Crippen LogP) is 0.434. The Hall–Kier alpha value is -1.96. The summed E-state index contributed by atoms with van der Waals surface area (Å²) in [5.41, 5.74) is 0.339. The molecule has 1 aromatic rings. The highest BCUT2D eigenvalue weighted by atomic mass is 16.8. The quantitative estimate of drug-likeness (QED) is 0.771. The summed E-state index contributed by atoms with van der Waals surface area (Å²) in [6.45, 7) is 0. The van der Waals surface area contributed by atoms with Gasteiger partial charge in [0.15, 0.2) is 0 Å². The summed E-state index contributed by atoms with van der Waals surface area (Å²) < 4.78 is 0. The number of rotatable bonds is 3. The van der Waals surface area contributed by atoms with E-state index in [2.05, 4.69) is 0 Å². The number of hydrogen-bond donors (Lipinski definition) is 2. The molecule has 0 radical (unpaired) electrons. The molecule has 1 aliphatic heterocycles. The number of anilines is 1. The standard InChI is InChI=1S/C12H14N2O5/c15-8-13(9-4-2-1-3-5-9)12(18)19-14-10(16)6-7-11(14)17/h1-5,8,10-11,16-17H,6-7H2. The van der Waals surface area contributed by atoms with E-state index < -0.39 is 18.5 Å². The lowest BCUT2D eigenvalue weighted by molar-refractivity contribution is -0.234. The van der Waals surface area contributed by atoms with Crippen LogP contribution in [0.5, 0.6) is 0 Å². The average Bonchev–Trinajstić information content (AvgIpc) is 2.73. The van der Waals surface area contributed by atoms with Gasteiger partial charge in [-0.25, -0.2) is 9.69 Å². The second-order valence-corrected chi connectivity index (χ2v) is 4.07. The minimum Gasteiger partial charge on any atom is -0.375 e. The van der Waals surface area contributed by atoms with Crippen molar-refractivity contribution >= 4 is 18.2 Å². The lowest BCUT2D eigenvalue weighted by Gasteiger charge is -2.24. The monoisotopic (exact) mass is 266 g/mol. The van der Waals surface area contributed by atoms with Crippen LogP contribution in [-0.4, -0.2) is 40.2 Å². The Bertz CT molecular complexity index is 443. The van der Waals surface area contributed by atoms with Gasteiger partial charge in [-0.1, -0.05) is 23.3 Å². The van der Waals surface area contributed by atoms with Crippen molar-refractivity contribution < 1.29 is 24.6 Å². The molecular formula is C12H14N2O5. The van der Waals surface area contributed by atoms with Gasteiger partial charge in [-0.15, -0.1) is 0 Å². The van der Waals surface area contributed by atoms with E-state index in [1.54, 1.807) is 30.3 Å². The molecular weight excluding hydrogens is 252 g/mol. The van der Waals surface area contributed by atoms with E-state index in [9.17, 15) is 19.8 Å². The van der Waals surface area contributed by atoms with Gasteiger partial charge < -0.3 is 15.1 Å². The Morgan fingerprint density at radius 3 is 2.37 bits per heavy atom. The maximum Gasteiger partial charge on any atom is 0.440 e. The first-order chi connectivity index (χ1) is 9.13. The summed E-state index contributed by atoms with van der Waals surface area (Å²) in [7, 11) is 0. The van der Waals surface area contributed by atoms with Crippen LogP contribution in [0, 0.1) is 0 Å². The number of carbonyl (C=O) groups excluding carboxylic acids is 2. The van der Waals surface area contributed by atoms with Gasteiger partial charge in [0.2, 0.25) is 6.41 Å². The van der Waals surface area contributed by atoms with Crippen molar-refractivity contribution in [3.63, 3.8) is 0 Å². The van der Waals surface area contributed by atoms with Crippen LogP contribution in [0.25, 0.3) is 0 Å². The van der Waals surface area contributed by atoms with Crippen LogP contribution in [0.4, 0.5) is 10.5 Å². The van der Waals surface area contributed by atoms with Crippen molar-refractivity contribution in [2.24, 2.45) is 0 Å². The first-order valence-corrected chi connectivity index (χ1v) is 5.79. The van der Waals surface area contributed by atoms with Crippen molar-refractivity contribution in [2.75, 3.05) is 4.90 Å². The molecule has 1 saturated heterocycles. The van der Waals surface area contributed by atoms with Gasteiger partial charge in [0.25, 0.3) is 0 Å². The molecule has 0 aliphatic carbocycles. The van der Waals surface area contributed by atoms with Crippen molar-refractivity contribution in [1.82, 2.24) is 5.06 Å². The summed E-state index contributed by atoms with van der Waals surface area (Å²) in [4.78, 5) is 28.4. The molecule has 102 valence electrons. The van der Waals surface area contributed by atoms with Gasteiger partial charge >= 0.3 is 6.09 Å². The first-order valence-electron chi connectivity index (χ1n) is 5.79. The number of benzene rings is 1. The topological polar surface area (TPSA) is 90.3 Å². The molecule has 2 amide bonds. The lowest BCUT2D eigenvalue weighted by atomic mass is 10.3. The van der Waals surface area contributed by atoms with Crippen LogP contribution < -0.4 is 4.90 Å². The third-order valence-electron chi connectivity index (χ3n) is 2.79. The Labute approximate surface area is 109 Å². The van der Waals surface area contributed by atoms with E-state index >= 15 is 0 Å². The van der Waals surface area contributed by atoms with Gasteiger partial charge in [-0.3, -0.25) is 4.79 Å². The minimum atomic E-state index is -1.07. The number of nitrogens with zero attached hydrogens (tertiary/aromatic N) is 2. The fraction of sp³-hybridized carbons (Fsp3) is 0.333. The second kappa shape index (κ2) is 5.79. The summed E-state index contributed by atoms with van der Waals surface area (Å²) in [6.07, 6.45) is -2.22. The van der Waals surface area contributed by atoms with Crippen molar-refractivity contribution in [3.8, 4) is 0 Å². The highest BCUT2D eigenvalue weighted by Crippen LogP contribution is 2.22. The SMILES string of the molecule is O=CN(C(=O)ON1C(O)CCC1O)c1ccccc1. The Morgan fingerprint density at radius 2 is 1.84 bits per heavy atom. The summed E-state index contributed by atoms with van der Waals surface area (Å²) in [5.74, 6) is 0. The van der Waals surface area contributed by atoms with Crippen LogP contribution in [-0.2, 0) is 9.63 Å². The van der Waals surface area contributed by atoms with Crippen molar-refractivity contribution in [3.05, 3.63) is 30.3 Å². The fourth-order valence-corrected chi connectivity index (χ4v) is 1.80. The van der Waals surface area contributed by atoms with Crippen LogP contribution >= 0.6 is 0 Å². The fourth-order valence-electron chi connectivity index (χ4n) is 1.80. The molecule has 1 fully saturated rings. The predicted molar refractivity (Wildman–Crippen MR) is 64.6 cm³/mol. The molecule has 0 bridgehead atoms. The van der Waals surface area contributed by atoms with Gasteiger partial charge in [0.05, 0.1) is 5.69 Å². The van der Waals surface area contributed by atoms with Crippen LogP contribution in [0.3, 0.4) is 0 Å². The van der Waals surface area contributed by atoms with Gasteiger partial charge in [-0.05, 0) is 25.0 Å². The van der Waals surface area contributed by atoms with Crippen molar-refractivity contribution in [1.29, 1.82) is 0 Å². The number of aliphatic hydroxyl groups excluding tert-OH is 2. The van der Waals surface area contributed by atoms with Crippen molar-refractivity contribution in [2.45, 2.75) is 25.3 Å². The lowest BCUT2D eigenvalue weighted by Crippen LogP contribution is -2.42. The molecule has 2 unspecified atom stereocenters. The van der Waals surface area contributed by atoms with E-state index in [-0.39, 0.29) is 0 Å². The largest absolute Gasteiger partial charge is 0.440 e. The molecule has 7 nitrogen and oxygen atoms in total. The molecule has 1 heterocycles. The molecule has 7 heteroatoms. The Morgan fingerprint density at radius 1 is 1.26 bits per heavy atom. The number of hydrogen-bond acceptors (Lipinski definition) is 6. The molecule has 2 atom stereocenters. The van der Waals surface area contributed by atoms with E-state index in [1.165, 1.54) is 0 Å². The number of para-hydroxylation sites is 1. The van der Waals surface area contributed by atoms with Crippen LogP contribution in [0.15, 0.2) is 30.3 Å². The Kier molecular flexibility index (Phi) is 4.10. The average molecular weight is 266 g/mol. The first kappa shape index (κ1) is 13.5. The third-order valence-corrected chi connectivity index (χ3v) is 2.79. The van der Waals surface area contributed by atoms with Gasteiger partial charge in [0, 0.05) is 0 Å². The zero-order valence-electron chi connectivity index (χ0n) is 10.0. The van der Waals surface area contributed by atoms with E-state index in [0.29, 0.717) is 24.9 Å². The maximum atomic E-state index is 11.8. The molecule has 1 aromatic carbocycles. The molecule has 2 N–H and O–H groups in total. The highest BCUT2D eigenvalue weighted by molar-refractivity contribution is 6.02. The van der Waals surface area contributed by atoms with Crippen LogP contribution in [0.1, 0.15) is 12.8 Å². The van der Waals surface area contributed by atoms with Gasteiger partial charge in [0.1, 0.15) is 12.5 Å². The molecule has 19 heavy (non-hydrogen) atoms. The summed E-state index contributed by atoms with van der Waals surface area (Å²) in [5, 5.41) is 19.8. The molecule has 0 saturated carbocycles. The molecule has 0 aromatic heterocycles. The van der Waals surface area contributed by atoms with E-state index in [0.717, 1.165) is 9.96 Å². The Balaban J connectivity index is 2.08. The van der Waals surface area contributed by atoms with E-state index in [1.807, 2.05) is 0 Å². The molecule has 0 spiro atoms. The zero-order valence-corrected chi connectivity index (χ0v) is 10.0. The maximum absolute atomic E-state index is 11.8.